The summed E-state index contributed by atoms with van der Waals surface area (Å²) in [7, 11) is 0. The minimum absolute atomic E-state index is 0.266. The van der Waals surface area contributed by atoms with Gasteiger partial charge in [-0.25, -0.2) is 9.59 Å². The number of cyclic esters (lactones) is 1. The number of anilines is 2. The van der Waals surface area contributed by atoms with E-state index >= 15 is 0 Å². The third kappa shape index (κ3) is 3.82. The number of ether oxygens (including phenoxy) is 1. The Labute approximate surface area is 144 Å². The standard InChI is InChI=1S/C16H20N4O5/c21-11-14(22)18-4-6-19(7-5-18)15(23)17-12-2-1-3-13(10-12)20-8-9-25-16(20)24/h1-3,10,21H,4-9,11H2,(H,17,23). The monoisotopic (exact) mass is 348 g/mol. The van der Waals surface area contributed by atoms with Gasteiger partial charge < -0.3 is 25.0 Å². The number of amides is 4. The van der Waals surface area contributed by atoms with Gasteiger partial charge in [-0.05, 0) is 18.2 Å². The number of aliphatic hydroxyl groups excluding tert-OH is 1. The molecule has 0 aromatic heterocycles. The van der Waals surface area contributed by atoms with Gasteiger partial charge in [0.1, 0.15) is 13.2 Å². The average Bonchev–Trinajstić information content (AvgIpc) is 3.07. The molecule has 1 aromatic rings. The second kappa shape index (κ2) is 7.39. The molecule has 2 aliphatic rings. The van der Waals surface area contributed by atoms with E-state index in [2.05, 4.69) is 5.32 Å². The van der Waals surface area contributed by atoms with E-state index in [4.69, 9.17) is 9.84 Å². The van der Waals surface area contributed by atoms with Crippen molar-refractivity contribution >= 4 is 29.4 Å². The summed E-state index contributed by atoms with van der Waals surface area (Å²) in [5, 5.41) is 11.7. The van der Waals surface area contributed by atoms with Gasteiger partial charge in [-0.15, -0.1) is 0 Å². The number of benzene rings is 1. The summed E-state index contributed by atoms with van der Waals surface area (Å²) in [4.78, 5) is 40.1. The largest absolute Gasteiger partial charge is 0.447 e. The lowest BCUT2D eigenvalue weighted by molar-refractivity contribution is -0.135. The maximum Gasteiger partial charge on any atom is 0.414 e. The van der Waals surface area contributed by atoms with E-state index in [9.17, 15) is 14.4 Å². The summed E-state index contributed by atoms with van der Waals surface area (Å²) < 4.78 is 4.92. The predicted octanol–water partition coefficient (Wildman–Crippen LogP) is 0.312. The quantitative estimate of drug-likeness (QED) is 0.819. The molecule has 25 heavy (non-hydrogen) atoms. The highest BCUT2D eigenvalue weighted by Crippen LogP contribution is 2.22. The average molecular weight is 348 g/mol. The van der Waals surface area contributed by atoms with Crippen LogP contribution < -0.4 is 10.2 Å². The predicted molar refractivity (Wildman–Crippen MR) is 89.4 cm³/mol. The second-order valence-electron chi connectivity index (χ2n) is 5.77. The van der Waals surface area contributed by atoms with Gasteiger partial charge in [0.25, 0.3) is 0 Å². The van der Waals surface area contributed by atoms with Crippen LogP contribution in [-0.4, -0.2) is 78.9 Å². The molecule has 0 aliphatic carbocycles. The van der Waals surface area contributed by atoms with E-state index in [0.717, 1.165) is 0 Å². The van der Waals surface area contributed by atoms with Crippen LogP contribution in [0.2, 0.25) is 0 Å². The van der Waals surface area contributed by atoms with Crippen LogP contribution >= 0.6 is 0 Å². The SMILES string of the molecule is O=C(CO)N1CCN(C(=O)Nc2cccc(N3CCOC3=O)c2)CC1. The molecular formula is C16H20N4O5. The van der Waals surface area contributed by atoms with E-state index in [1.807, 2.05) is 0 Å². The molecule has 4 amide bonds. The Hall–Kier alpha value is -2.81. The third-order valence-electron chi connectivity index (χ3n) is 4.22. The molecular weight excluding hydrogens is 328 g/mol. The van der Waals surface area contributed by atoms with Crippen molar-refractivity contribution in [1.82, 2.24) is 9.80 Å². The Morgan fingerprint density at radius 1 is 1.12 bits per heavy atom. The fourth-order valence-electron chi connectivity index (χ4n) is 2.84. The van der Waals surface area contributed by atoms with Crippen LogP contribution in [0.5, 0.6) is 0 Å². The number of nitrogens with zero attached hydrogens (tertiary/aromatic N) is 3. The molecule has 2 heterocycles. The maximum absolute atomic E-state index is 12.4. The Morgan fingerprint density at radius 3 is 2.48 bits per heavy atom. The van der Waals surface area contributed by atoms with E-state index in [0.29, 0.717) is 50.7 Å². The Bertz CT molecular complexity index is 672. The molecule has 9 heteroatoms. The van der Waals surface area contributed by atoms with Crippen molar-refractivity contribution in [2.24, 2.45) is 0 Å². The Kier molecular flexibility index (Phi) is 5.03. The minimum Gasteiger partial charge on any atom is -0.447 e. The molecule has 2 saturated heterocycles. The first-order valence-corrected chi connectivity index (χ1v) is 8.07. The molecule has 0 spiro atoms. The number of hydrogen-bond acceptors (Lipinski definition) is 5. The molecule has 2 aliphatic heterocycles. The van der Waals surface area contributed by atoms with Crippen molar-refractivity contribution in [1.29, 1.82) is 0 Å². The molecule has 2 N–H and O–H groups in total. The van der Waals surface area contributed by atoms with Crippen molar-refractivity contribution in [3.8, 4) is 0 Å². The first-order valence-electron chi connectivity index (χ1n) is 8.07. The van der Waals surface area contributed by atoms with Crippen LogP contribution in [0.15, 0.2) is 24.3 Å². The number of piperazine rings is 1. The molecule has 0 radical (unpaired) electrons. The number of nitrogens with one attached hydrogen (secondary N) is 1. The number of urea groups is 1. The Balaban J connectivity index is 1.58. The van der Waals surface area contributed by atoms with Gasteiger partial charge >= 0.3 is 12.1 Å². The zero-order valence-corrected chi connectivity index (χ0v) is 13.7. The minimum atomic E-state index is -0.516. The lowest BCUT2D eigenvalue weighted by atomic mass is 10.2. The van der Waals surface area contributed by atoms with Crippen molar-refractivity contribution in [3.05, 3.63) is 24.3 Å². The second-order valence-corrected chi connectivity index (χ2v) is 5.77. The van der Waals surface area contributed by atoms with Crippen LogP contribution in [0.4, 0.5) is 21.0 Å². The summed E-state index contributed by atoms with van der Waals surface area (Å²) in [6, 6.07) is 6.73. The first kappa shape index (κ1) is 17.0. The van der Waals surface area contributed by atoms with Gasteiger partial charge in [-0.3, -0.25) is 9.69 Å². The summed E-state index contributed by atoms with van der Waals surface area (Å²) in [5.74, 6) is -0.328. The van der Waals surface area contributed by atoms with Gasteiger partial charge in [0.2, 0.25) is 5.91 Å². The number of hydrogen-bond donors (Lipinski definition) is 2. The van der Waals surface area contributed by atoms with Gasteiger partial charge in [-0.2, -0.15) is 0 Å². The maximum atomic E-state index is 12.4. The number of carbonyl (C=O) groups is 3. The summed E-state index contributed by atoms with van der Waals surface area (Å²) >= 11 is 0. The molecule has 134 valence electrons. The van der Waals surface area contributed by atoms with Crippen molar-refractivity contribution < 1.29 is 24.2 Å². The van der Waals surface area contributed by atoms with Crippen LogP contribution in [0, 0.1) is 0 Å². The molecule has 3 rings (SSSR count). The first-order chi connectivity index (χ1) is 12.1. The van der Waals surface area contributed by atoms with Gasteiger partial charge in [-0.1, -0.05) is 6.07 Å². The van der Waals surface area contributed by atoms with E-state index in [-0.39, 0.29) is 11.9 Å². The van der Waals surface area contributed by atoms with Crippen molar-refractivity contribution in [2.75, 3.05) is 56.2 Å². The highest BCUT2D eigenvalue weighted by molar-refractivity contribution is 5.93. The number of aliphatic hydroxyl groups is 1. The lowest BCUT2D eigenvalue weighted by Crippen LogP contribution is -2.52. The normalized spacial score (nSPS) is 17.5. The molecule has 1 aromatic carbocycles. The van der Waals surface area contributed by atoms with Crippen LogP contribution in [-0.2, 0) is 9.53 Å². The van der Waals surface area contributed by atoms with E-state index in [1.165, 1.54) is 9.80 Å². The number of carbonyl (C=O) groups excluding carboxylic acids is 3. The van der Waals surface area contributed by atoms with Gasteiger partial charge in [0, 0.05) is 37.6 Å². The van der Waals surface area contributed by atoms with Crippen LogP contribution in [0.1, 0.15) is 0 Å². The van der Waals surface area contributed by atoms with Crippen molar-refractivity contribution in [3.63, 3.8) is 0 Å². The smallest absolute Gasteiger partial charge is 0.414 e. The molecule has 2 fully saturated rings. The fourth-order valence-corrected chi connectivity index (χ4v) is 2.84. The molecule has 0 bridgehead atoms. The topological polar surface area (TPSA) is 102 Å². The Morgan fingerprint density at radius 2 is 1.84 bits per heavy atom. The third-order valence-corrected chi connectivity index (χ3v) is 4.22. The number of rotatable bonds is 3. The molecule has 0 unspecified atom stereocenters. The highest BCUT2D eigenvalue weighted by Gasteiger charge is 2.25. The summed E-state index contributed by atoms with van der Waals surface area (Å²) in [6.45, 7) is 1.91. The summed E-state index contributed by atoms with van der Waals surface area (Å²) in [6.07, 6.45) is -0.395. The summed E-state index contributed by atoms with van der Waals surface area (Å²) in [5.41, 5.74) is 1.25. The molecule has 0 saturated carbocycles. The van der Waals surface area contributed by atoms with Gasteiger partial charge in [0.15, 0.2) is 0 Å². The zero-order valence-electron chi connectivity index (χ0n) is 13.7. The van der Waals surface area contributed by atoms with Crippen LogP contribution in [0.3, 0.4) is 0 Å². The molecule has 0 atom stereocenters. The van der Waals surface area contributed by atoms with E-state index in [1.54, 1.807) is 29.2 Å². The van der Waals surface area contributed by atoms with Crippen LogP contribution in [0.25, 0.3) is 0 Å². The lowest BCUT2D eigenvalue weighted by Gasteiger charge is -2.34. The van der Waals surface area contributed by atoms with Gasteiger partial charge in [0.05, 0.1) is 6.54 Å². The fraction of sp³-hybridized carbons (Fsp3) is 0.438. The van der Waals surface area contributed by atoms with E-state index < -0.39 is 12.7 Å². The highest BCUT2D eigenvalue weighted by atomic mass is 16.6. The van der Waals surface area contributed by atoms with Crippen molar-refractivity contribution in [2.45, 2.75) is 0 Å². The zero-order chi connectivity index (χ0) is 17.8. The molecule has 9 nitrogen and oxygen atoms in total.